The van der Waals surface area contributed by atoms with Crippen molar-refractivity contribution in [1.82, 2.24) is 4.98 Å². The fourth-order valence-corrected chi connectivity index (χ4v) is 3.82. The first kappa shape index (κ1) is 18.6. The van der Waals surface area contributed by atoms with Crippen LogP contribution >= 0.6 is 11.8 Å². The Morgan fingerprint density at radius 1 is 1.25 bits per heavy atom. The zero-order valence-corrected chi connectivity index (χ0v) is 15.9. The Bertz CT molecular complexity index is 992. The van der Waals surface area contributed by atoms with Crippen molar-refractivity contribution in [3.63, 3.8) is 0 Å². The van der Waals surface area contributed by atoms with Gasteiger partial charge in [0, 0.05) is 22.9 Å². The van der Waals surface area contributed by atoms with Gasteiger partial charge >= 0.3 is 0 Å². The Labute approximate surface area is 166 Å². The molecule has 1 fully saturated rings. The number of benzene rings is 1. The first-order valence-corrected chi connectivity index (χ1v) is 9.96. The molecule has 0 bridgehead atoms. The lowest BCUT2D eigenvalue weighted by Crippen LogP contribution is -2.12. The number of ether oxygens (including phenoxy) is 2. The van der Waals surface area contributed by atoms with Crippen LogP contribution in [-0.4, -0.2) is 35.3 Å². The normalized spacial score (nSPS) is 15.1. The van der Waals surface area contributed by atoms with Crippen LogP contribution < -0.4 is 10.1 Å². The first-order chi connectivity index (χ1) is 13.7. The molecule has 7 nitrogen and oxygen atoms in total. The van der Waals surface area contributed by atoms with Crippen molar-refractivity contribution in [2.75, 3.05) is 24.5 Å². The Balaban J connectivity index is 1.90. The first-order valence-electron chi connectivity index (χ1n) is 8.97. The largest absolute Gasteiger partial charge is 0.467 e. The number of pyridine rings is 1. The highest BCUT2D eigenvalue weighted by atomic mass is 32.2. The van der Waals surface area contributed by atoms with E-state index in [0.717, 1.165) is 29.7 Å². The molecule has 0 atom stereocenters. The molecule has 1 saturated carbocycles. The van der Waals surface area contributed by atoms with Crippen molar-refractivity contribution in [3.05, 3.63) is 34.9 Å². The van der Waals surface area contributed by atoms with Crippen LogP contribution in [0, 0.1) is 22.7 Å². The van der Waals surface area contributed by atoms with Crippen LogP contribution in [0.4, 0.5) is 5.82 Å². The molecule has 8 heteroatoms. The van der Waals surface area contributed by atoms with E-state index in [0.29, 0.717) is 45.9 Å². The zero-order valence-electron chi connectivity index (χ0n) is 15.1. The van der Waals surface area contributed by atoms with Crippen LogP contribution in [0.25, 0.3) is 11.1 Å². The van der Waals surface area contributed by atoms with Gasteiger partial charge < -0.3 is 19.9 Å². The van der Waals surface area contributed by atoms with Gasteiger partial charge in [-0.1, -0.05) is 6.07 Å². The van der Waals surface area contributed by atoms with Crippen molar-refractivity contribution in [3.8, 4) is 29.0 Å². The third kappa shape index (κ3) is 3.63. The molecule has 142 valence electrons. The lowest BCUT2D eigenvalue weighted by molar-refractivity contribution is -0.0163. The quantitative estimate of drug-likeness (QED) is 0.719. The zero-order chi connectivity index (χ0) is 19.5. The fourth-order valence-electron chi connectivity index (χ4n) is 3.08. The van der Waals surface area contributed by atoms with E-state index >= 15 is 0 Å². The second-order valence-corrected chi connectivity index (χ2v) is 7.62. The van der Waals surface area contributed by atoms with Crippen LogP contribution in [0.1, 0.15) is 29.5 Å². The molecule has 4 rings (SSSR count). The number of aliphatic hydroxyl groups is 1. The Morgan fingerprint density at radius 3 is 2.79 bits per heavy atom. The lowest BCUT2D eigenvalue weighted by atomic mass is 9.95. The van der Waals surface area contributed by atoms with Crippen LogP contribution in [0.5, 0.6) is 5.75 Å². The fraction of sp³-hybridized carbons (Fsp3) is 0.350. The molecular weight excluding hydrogens is 376 g/mol. The number of rotatable bonds is 6. The molecule has 0 radical (unpaired) electrons. The number of nitrogens with one attached hydrogen (secondary N) is 1. The van der Waals surface area contributed by atoms with E-state index in [-0.39, 0.29) is 13.4 Å². The summed E-state index contributed by atoms with van der Waals surface area (Å²) in [5.74, 6) is 1.65. The van der Waals surface area contributed by atoms with Crippen molar-refractivity contribution < 1.29 is 14.6 Å². The number of fused-ring (bicyclic) bond motifs is 1. The van der Waals surface area contributed by atoms with Gasteiger partial charge in [0.1, 0.15) is 34.3 Å². The minimum atomic E-state index is -0.0224. The molecule has 0 unspecified atom stereocenters. The highest BCUT2D eigenvalue weighted by Crippen LogP contribution is 2.39. The molecule has 2 N–H and O–H groups in total. The average molecular weight is 394 g/mol. The molecule has 2 aliphatic rings. The molecule has 0 amide bonds. The van der Waals surface area contributed by atoms with Gasteiger partial charge in [-0.15, -0.1) is 11.8 Å². The maximum atomic E-state index is 9.88. The number of hydrogen-bond acceptors (Lipinski definition) is 8. The van der Waals surface area contributed by atoms with Crippen LogP contribution in [0.15, 0.2) is 23.2 Å². The van der Waals surface area contributed by atoms with Crippen LogP contribution in [0.3, 0.4) is 0 Å². The average Bonchev–Trinajstić information content (AvgIpc) is 3.55. The Kier molecular flexibility index (Phi) is 5.36. The molecule has 1 aromatic heterocycles. The van der Waals surface area contributed by atoms with Crippen molar-refractivity contribution in [2.24, 2.45) is 0 Å². The second kappa shape index (κ2) is 8.07. The molecule has 28 heavy (non-hydrogen) atoms. The molecule has 1 aromatic carbocycles. The SMILES string of the molecule is N#Cc1c(NC2CC2)nc(SCCO)c(C#N)c1-c1ccc2c(c1)COCO2. The van der Waals surface area contributed by atoms with Crippen LogP contribution in [0.2, 0.25) is 0 Å². The topological polar surface area (TPSA) is 111 Å². The number of aliphatic hydroxyl groups excluding tert-OH is 1. The number of nitriles is 2. The van der Waals surface area contributed by atoms with Gasteiger partial charge in [-0.05, 0) is 30.5 Å². The van der Waals surface area contributed by atoms with Gasteiger partial charge in [0.25, 0.3) is 0 Å². The Morgan fingerprint density at radius 2 is 2.07 bits per heavy atom. The summed E-state index contributed by atoms with van der Waals surface area (Å²) in [5, 5.41) is 32.8. The van der Waals surface area contributed by atoms with Crippen molar-refractivity contribution >= 4 is 17.6 Å². The third-order valence-corrected chi connectivity index (χ3v) is 5.50. The summed E-state index contributed by atoms with van der Waals surface area (Å²) in [6.45, 7) is 0.606. The molecule has 2 aromatic rings. The molecule has 2 heterocycles. The van der Waals surface area contributed by atoms with Crippen LogP contribution in [-0.2, 0) is 11.3 Å². The molecule has 0 saturated heterocycles. The third-order valence-electron chi connectivity index (χ3n) is 4.54. The summed E-state index contributed by atoms with van der Waals surface area (Å²) in [6, 6.07) is 10.3. The van der Waals surface area contributed by atoms with Gasteiger partial charge in [-0.3, -0.25) is 0 Å². The van der Waals surface area contributed by atoms with E-state index in [9.17, 15) is 15.6 Å². The van der Waals surface area contributed by atoms with E-state index in [1.54, 1.807) is 0 Å². The van der Waals surface area contributed by atoms with Gasteiger partial charge in [0.05, 0.1) is 18.8 Å². The number of anilines is 1. The molecule has 1 aliphatic carbocycles. The van der Waals surface area contributed by atoms with E-state index in [1.807, 2.05) is 18.2 Å². The summed E-state index contributed by atoms with van der Waals surface area (Å²) >= 11 is 1.31. The highest BCUT2D eigenvalue weighted by molar-refractivity contribution is 7.99. The summed E-state index contributed by atoms with van der Waals surface area (Å²) in [7, 11) is 0. The van der Waals surface area contributed by atoms with Gasteiger partial charge in [0.2, 0.25) is 0 Å². The maximum Gasteiger partial charge on any atom is 0.189 e. The lowest BCUT2D eigenvalue weighted by Gasteiger charge is -2.20. The van der Waals surface area contributed by atoms with Gasteiger partial charge in [0.15, 0.2) is 6.79 Å². The summed E-state index contributed by atoms with van der Waals surface area (Å²) in [6.07, 6.45) is 2.07. The summed E-state index contributed by atoms with van der Waals surface area (Å²) in [4.78, 5) is 4.55. The maximum absolute atomic E-state index is 9.88. The predicted octanol–water partition coefficient (Wildman–Crippen LogP) is 3.02. The highest BCUT2D eigenvalue weighted by Gasteiger charge is 2.27. The minimum absolute atomic E-state index is 0.0224. The Hall–Kier alpha value is -2.78. The predicted molar refractivity (Wildman–Crippen MR) is 104 cm³/mol. The molecular formula is C20H18N4O3S. The van der Waals surface area contributed by atoms with E-state index in [2.05, 4.69) is 22.4 Å². The number of hydrogen-bond donors (Lipinski definition) is 2. The van der Waals surface area contributed by atoms with Gasteiger partial charge in [-0.2, -0.15) is 10.5 Å². The number of aromatic nitrogens is 1. The van der Waals surface area contributed by atoms with E-state index < -0.39 is 0 Å². The summed E-state index contributed by atoms with van der Waals surface area (Å²) < 4.78 is 10.8. The standard InChI is InChI=1S/C20H18N4O3S/c21-8-15-18(12-1-4-17-13(7-12)10-26-11-27-17)16(9-22)20(28-6-5-25)24-19(15)23-14-2-3-14/h1,4,7,14,25H,2-3,5-6,10-11H2,(H,23,24). The second-order valence-electron chi connectivity index (χ2n) is 6.54. The monoisotopic (exact) mass is 394 g/mol. The summed E-state index contributed by atoms with van der Waals surface area (Å²) in [5.41, 5.74) is 2.86. The smallest absolute Gasteiger partial charge is 0.189 e. The van der Waals surface area contributed by atoms with E-state index in [1.165, 1.54) is 11.8 Å². The minimum Gasteiger partial charge on any atom is -0.467 e. The molecule has 1 aliphatic heterocycles. The van der Waals surface area contributed by atoms with Crippen molar-refractivity contribution in [2.45, 2.75) is 30.5 Å². The number of thioether (sulfide) groups is 1. The molecule has 0 spiro atoms. The van der Waals surface area contributed by atoms with E-state index in [4.69, 9.17) is 9.47 Å². The van der Waals surface area contributed by atoms with Gasteiger partial charge in [-0.25, -0.2) is 4.98 Å². The van der Waals surface area contributed by atoms with Crippen molar-refractivity contribution in [1.29, 1.82) is 10.5 Å². The number of nitrogens with zero attached hydrogens (tertiary/aromatic N) is 3.